The Labute approximate surface area is 117 Å². The SMILES string of the molecule is COC1CN(Cc2cc(N)ccc2Br)CCC1C. The van der Waals surface area contributed by atoms with Crippen LogP contribution in [0.1, 0.15) is 18.9 Å². The van der Waals surface area contributed by atoms with E-state index in [1.807, 2.05) is 18.2 Å². The van der Waals surface area contributed by atoms with Crippen LogP contribution < -0.4 is 5.73 Å². The average molecular weight is 313 g/mol. The number of halogens is 1. The van der Waals surface area contributed by atoms with E-state index in [0.29, 0.717) is 12.0 Å². The molecule has 100 valence electrons. The Balaban J connectivity index is 2.03. The second-order valence-electron chi connectivity index (χ2n) is 5.13. The van der Waals surface area contributed by atoms with Crippen molar-refractivity contribution < 1.29 is 4.74 Å². The first-order valence-electron chi connectivity index (χ1n) is 6.39. The molecule has 2 atom stereocenters. The van der Waals surface area contributed by atoms with Gasteiger partial charge in [-0.25, -0.2) is 0 Å². The van der Waals surface area contributed by atoms with E-state index in [9.17, 15) is 0 Å². The van der Waals surface area contributed by atoms with Crippen LogP contribution in [0.4, 0.5) is 5.69 Å². The minimum absolute atomic E-state index is 0.346. The minimum Gasteiger partial charge on any atom is -0.399 e. The second kappa shape index (κ2) is 6.04. The second-order valence-corrected chi connectivity index (χ2v) is 5.98. The zero-order valence-electron chi connectivity index (χ0n) is 11.0. The topological polar surface area (TPSA) is 38.5 Å². The van der Waals surface area contributed by atoms with Crippen LogP contribution in [0.5, 0.6) is 0 Å². The molecule has 3 nitrogen and oxygen atoms in total. The minimum atomic E-state index is 0.346. The van der Waals surface area contributed by atoms with Crippen LogP contribution >= 0.6 is 15.9 Å². The van der Waals surface area contributed by atoms with Gasteiger partial charge in [-0.3, -0.25) is 4.90 Å². The number of hydrogen-bond acceptors (Lipinski definition) is 3. The standard InChI is InChI=1S/C14H21BrN2O/c1-10-5-6-17(9-14(10)18-2)8-11-7-12(16)3-4-13(11)15/h3-4,7,10,14H,5-6,8-9,16H2,1-2H3. The maximum Gasteiger partial charge on any atom is 0.0724 e. The Kier molecular flexibility index (Phi) is 4.65. The molecular weight excluding hydrogens is 292 g/mol. The number of likely N-dealkylation sites (tertiary alicyclic amines) is 1. The molecule has 2 rings (SSSR count). The van der Waals surface area contributed by atoms with Crippen molar-refractivity contribution in [1.82, 2.24) is 4.90 Å². The van der Waals surface area contributed by atoms with Gasteiger partial charge in [-0.15, -0.1) is 0 Å². The predicted octanol–water partition coefficient (Wildman–Crippen LogP) is 2.89. The fourth-order valence-electron chi connectivity index (χ4n) is 2.51. The summed E-state index contributed by atoms with van der Waals surface area (Å²) >= 11 is 3.59. The molecule has 4 heteroatoms. The number of nitrogen functional groups attached to an aromatic ring is 1. The van der Waals surface area contributed by atoms with E-state index in [-0.39, 0.29) is 0 Å². The molecule has 1 aromatic carbocycles. The average Bonchev–Trinajstić information content (AvgIpc) is 2.36. The summed E-state index contributed by atoms with van der Waals surface area (Å²) < 4.78 is 6.68. The summed E-state index contributed by atoms with van der Waals surface area (Å²) in [4.78, 5) is 2.44. The van der Waals surface area contributed by atoms with Gasteiger partial charge < -0.3 is 10.5 Å². The molecule has 1 heterocycles. The van der Waals surface area contributed by atoms with Crippen LogP contribution in [-0.4, -0.2) is 31.2 Å². The van der Waals surface area contributed by atoms with Gasteiger partial charge in [-0.1, -0.05) is 22.9 Å². The number of anilines is 1. The summed E-state index contributed by atoms with van der Waals surface area (Å²) in [6.45, 7) is 5.32. The highest BCUT2D eigenvalue weighted by Gasteiger charge is 2.26. The molecule has 0 amide bonds. The summed E-state index contributed by atoms with van der Waals surface area (Å²) in [6, 6.07) is 5.98. The Hall–Kier alpha value is -0.580. The van der Waals surface area contributed by atoms with Crippen molar-refractivity contribution in [3.05, 3.63) is 28.2 Å². The lowest BCUT2D eigenvalue weighted by Crippen LogP contribution is -2.43. The van der Waals surface area contributed by atoms with Crippen molar-refractivity contribution in [3.8, 4) is 0 Å². The van der Waals surface area contributed by atoms with Crippen molar-refractivity contribution >= 4 is 21.6 Å². The number of ether oxygens (including phenoxy) is 1. The Bertz CT molecular complexity index is 411. The van der Waals surface area contributed by atoms with Gasteiger partial charge in [-0.05, 0) is 42.6 Å². The third-order valence-corrected chi connectivity index (χ3v) is 4.51. The lowest BCUT2D eigenvalue weighted by atomic mass is 9.95. The largest absolute Gasteiger partial charge is 0.399 e. The van der Waals surface area contributed by atoms with Crippen molar-refractivity contribution in [2.24, 2.45) is 5.92 Å². The molecule has 1 aliphatic heterocycles. The number of nitrogens with two attached hydrogens (primary N) is 1. The van der Waals surface area contributed by atoms with Crippen molar-refractivity contribution in [2.45, 2.75) is 26.0 Å². The molecule has 2 N–H and O–H groups in total. The molecule has 0 aliphatic carbocycles. The number of hydrogen-bond donors (Lipinski definition) is 1. The monoisotopic (exact) mass is 312 g/mol. The van der Waals surface area contributed by atoms with Crippen LogP contribution in [0.3, 0.4) is 0 Å². The molecule has 2 unspecified atom stereocenters. The van der Waals surface area contributed by atoms with Gasteiger partial charge in [-0.2, -0.15) is 0 Å². The van der Waals surface area contributed by atoms with Gasteiger partial charge in [0.15, 0.2) is 0 Å². The first kappa shape index (κ1) is 13.8. The van der Waals surface area contributed by atoms with Gasteiger partial charge in [0.05, 0.1) is 6.10 Å². The molecule has 1 aliphatic rings. The third-order valence-electron chi connectivity index (χ3n) is 3.74. The highest BCUT2D eigenvalue weighted by molar-refractivity contribution is 9.10. The number of piperidine rings is 1. The van der Waals surface area contributed by atoms with Crippen LogP contribution in [-0.2, 0) is 11.3 Å². The fraction of sp³-hybridized carbons (Fsp3) is 0.571. The van der Waals surface area contributed by atoms with E-state index >= 15 is 0 Å². The molecule has 0 spiro atoms. The molecule has 1 fully saturated rings. The molecule has 0 saturated carbocycles. The number of nitrogens with zero attached hydrogens (tertiary/aromatic N) is 1. The molecule has 0 bridgehead atoms. The Morgan fingerprint density at radius 3 is 3.00 bits per heavy atom. The van der Waals surface area contributed by atoms with Crippen LogP contribution in [0, 0.1) is 5.92 Å². The van der Waals surface area contributed by atoms with Gasteiger partial charge in [0, 0.05) is 30.4 Å². The van der Waals surface area contributed by atoms with Crippen molar-refractivity contribution in [1.29, 1.82) is 0 Å². The van der Waals surface area contributed by atoms with E-state index < -0.39 is 0 Å². The van der Waals surface area contributed by atoms with Gasteiger partial charge in [0.25, 0.3) is 0 Å². The highest BCUT2D eigenvalue weighted by Crippen LogP contribution is 2.25. The van der Waals surface area contributed by atoms with E-state index in [1.54, 1.807) is 7.11 Å². The quantitative estimate of drug-likeness (QED) is 0.872. The van der Waals surface area contributed by atoms with Crippen LogP contribution in [0.25, 0.3) is 0 Å². The molecule has 0 radical (unpaired) electrons. The number of methoxy groups -OCH3 is 1. The maximum absolute atomic E-state index is 5.84. The summed E-state index contributed by atoms with van der Waals surface area (Å²) in [5.74, 6) is 0.649. The van der Waals surface area contributed by atoms with Crippen LogP contribution in [0.15, 0.2) is 22.7 Å². The smallest absolute Gasteiger partial charge is 0.0724 e. The lowest BCUT2D eigenvalue weighted by Gasteiger charge is -2.36. The zero-order valence-corrected chi connectivity index (χ0v) is 12.6. The predicted molar refractivity (Wildman–Crippen MR) is 78.4 cm³/mol. The first-order chi connectivity index (χ1) is 8.60. The summed E-state index contributed by atoms with van der Waals surface area (Å²) in [5, 5.41) is 0. The van der Waals surface area contributed by atoms with Gasteiger partial charge in [0.1, 0.15) is 0 Å². The van der Waals surface area contributed by atoms with E-state index in [2.05, 4.69) is 27.8 Å². The summed E-state index contributed by atoms with van der Waals surface area (Å²) in [7, 11) is 1.81. The molecule has 1 saturated heterocycles. The fourth-order valence-corrected chi connectivity index (χ4v) is 2.88. The summed E-state index contributed by atoms with van der Waals surface area (Å²) in [5.41, 5.74) is 7.91. The van der Waals surface area contributed by atoms with E-state index in [0.717, 1.165) is 29.8 Å². The molecule has 0 aromatic heterocycles. The molecule has 18 heavy (non-hydrogen) atoms. The number of benzene rings is 1. The number of rotatable bonds is 3. The highest BCUT2D eigenvalue weighted by atomic mass is 79.9. The molecule has 1 aromatic rings. The van der Waals surface area contributed by atoms with Gasteiger partial charge >= 0.3 is 0 Å². The van der Waals surface area contributed by atoms with E-state index in [1.165, 1.54) is 12.0 Å². The maximum atomic E-state index is 5.84. The molecular formula is C14H21BrN2O. The lowest BCUT2D eigenvalue weighted by molar-refractivity contribution is -0.00749. The third kappa shape index (κ3) is 3.25. The van der Waals surface area contributed by atoms with Gasteiger partial charge in [0.2, 0.25) is 0 Å². The Morgan fingerprint density at radius 2 is 2.28 bits per heavy atom. The summed E-state index contributed by atoms with van der Waals surface area (Å²) in [6.07, 6.45) is 1.54. The van der Waals surface area contributed by atoms with Crippen LogP contribution in [0.2, 0.25) is 0 Å². The first-order valence-corrected chi connectivity index (χ1v) is 7.18. The van der Waals surface area contributed by atoms with Crippen molar-refractivity contribution in [3.63, 3.8) is 0 Å². The Morgan fingerprint density at radius 1 is 1.50 bits per heavy atom. The normalized spacial score (nSPS) is 25.3. The van der Waals surface area contributed by atoms with E-state index in [4.69, 9.17) is 10.5 Å². The van der Waals surface area contributed by atoms with Crippen molar-refractivity contribution in [2.75, 3.05) is 25.9 Å². The zero-order chi connectivity index (χ0) is 13.1.